The molecule has 0 bridgehead atoms. The molecule has 0 radical (unpaired) electrons. The Balaban J connectivity index is 1.79. The van der Waals surface area contributed by atoms with Crippen molar-refractivity contribution in [3.63, 3.8) is 0 Å². The molecule has 128 valence electrons. The van der Waals surface area contributed by atoms with Crippen molar-refractivity contribution in [2.45, 2.75) is 41.6 Å². The molecule has 0 aliphatic carbocycles. The second-order valence-electron chi connectivity index (χ2n) is 5.43. The van der Waals surface area contributed by atoms with E-state index in [0.717, 1.165) is 19.4 Å². The number of alkyl halides is 3. The maximum atomic E-state index is 7.61. The van der Waals surface area contributed by atoms with Gasteiger partial charge in [0, 0.05) is 13.1 Å². The molecule has 1 aliphatic rings. The lowest BCUT2D eigenvalue weighted by atomic mass is 10.0. The largest absolute Gasteiger partial charge is 0.446 e. The Hall–Kier alpha value is -0.560. The highest BCUT2D eigenvalue weighted by Gasteiger charge is 2.36. The monoisotopic (exact) mass is 379 g/mol. The predicted octanol–water partition coefficient (Wildman–Crippen LogP) is 2.97. The van der Waals surface area contributed by atoms with Crippen molar-refractivity contribution in [2.75, 3.05) is 6.54 Å². The minimum Gasteiger partial charge on any atom is -0.446 e. The number of halogens is 3. The van der Waals surface area contributed by atoms with Crippen molar-refractivity contribution < 1.29 is 9.47 Å². The summed E-state index contributed by atoms with van der Waals surface area (Å²) in [6, 6.07) is 9.74. The van der Waals surface area contributed by atoms with Gasteiger partial charge in [0.1, 0.15) is 0 Å². The van der Waals surface area contributed by atoms with Crippen LogP contribution in [0, 0.1) is 5.41 Å². The Morgan fingerprint density at radius 1 is 1.30 bits per heavy atom. The Morgan fingerprint density at radius 2 is 2.00 bits per heavy atom. The number of rotatable bonds is 5. The maximum absolute atomic E-state index is 7.61. The smallest absolute Gasteiger partial charge is 0.265 e. The van der Waals surface area contributed by atoms with Crippen LogP contribution in [0.4, 0.5) is 0 Å². The van der Waals surface area contributed by atoms with Gasteiger partial charge in [-0.15, -0.1) is 0 Å². The zero-order chi connectivity index (χ0) is 16.9. The van der Waals surface area contributed by atoms with Crippen LogP contribution in [0.1, 0.15) is 18.4 Å². The molecule has 0 amide bonds. The lowest BCUT2D eigenvalue weighted by Gasteiger charge is -2.35. The first-order valence-electron chi connectivity index (χ1n) is 7.34. The third kappa shape index (κ3) is 6.10. The molecule has 5 nitrogen and oxygen atoms in total. The lowest BCUT2D eigenvalue weighted by Crippen LogP contribution is -2.49. The zero-order valence-electron chi connectivity index (χ0n) is 12.5. The van der Waals surface area contributed by atoms with Crippen LogP contribution in [0.3, 0.4) is 0 Å². The van der Waals surface area contributed by atoms with Crippen LogP contribution in [0.2, 0.25) is 0 Å². The van der Waals surface area contributed by atoms with Gasteiger partial charge in [-0.25, -0.2) is 0 Å². The molecular formula is C15H20Cl3N3O2. The van der Waals surface area contributed by atoms with Crippen LogP contribution in [0.5, 0.6) is 0 Å². The quantitative estimate of drug-likeness (QED) is 0.417. The average molecular weight is 381 g/mol. The number of ether oxygens (including phenoxy) is 2. The standard InChI is InChI=1S/C15H20Cl3N3O2/c16-15(17,18)14(20)23-13-12(19)7-6-11(22-13)9-21-8-10-4-2-1-3-5-10/h1-5,11-13,20-21H,6-9,19H2. The van der Waals surface area contributed by atoms with Gasteiger partial charge >= 0.3 is 0 Å². The molecule has 0 spiro atoms. The van der Waals surface area contributed by atoms with E-state index in [0.29, 0.717) is 6.54 Å². The Bertz CT molecular complexity index is 510. The molecule has 3 atom stereocenters. The van der Waals surface area contributed by atoms with E-state index in [9.17, 15) is 0 Å². The summed E-state index contributed by atoms with van der Waals surface area (Å²) in [5, 5.41) is 11.0. The number of benzene rings is 1. The fourth-order valence-corrected chi connectivity index (χ4v) is 2.43. The van der Waals surface area contributed by atoms with Crippen molar-refractivity contribution >= 4 is 40.7 Å². The second kappa shape index (κ2) is 8.51. The highest BCUT2D eigenvalue weighted by atomic mass is 35.6. The van der Waals surface area contributed by atoms with Gasteiger partial charge in [-0.1, -0.05) is 65.1 Å². The molecule has 1 saturated heterocycles. The summed E-state index contributed by atoms with van der Waals surface area (Å²) < 4.78 is 9.14. The summed E-state index contributed by atoms with van der Waals surface area (Å²) >= 11 is 16.8. The fourth-order valence-electron chi connectivity index (χ4n) is 2.29. The van der Waals surface area contributed by atoms with E-state index < -0.39 is 16.0 Å². The van der Waals surface area contributed by atoms with E-state index in [2.05, 4.69) is 17.4 Å². The highest BCUT2D eigenvalue weighted by molar-refractivity contribution is 6.76. The van der Waals surface area contributed by atoms with E-state index >= 15 is 0 Å². The maximum Gasteiger partial charge on any atom is 0.265 e. The molecule has 2 rings (SSSR count). The van der Waals surface area contributed by atoms with Gasteiger partial charge in [0.2, 0.25) is 12.2 Å². The first-order valence-corrected chi connectivity index (χ1v) is 8.47. The molecule has 0 saturated carbocycles. The number of hydrogen-bond acceptors (Lipinski definition) is 5. The summed E-state index contributed by atoms with van der Waals surface area (Å²) in [6.07, 6.45) is 0.682. The fraction of sp³-hybridized carbons (Fsp3) is 0.533. The normalized spacial score (nSPS) is 25.1. The van der Waals surface area contributed by atoms with E-state index in [1.165, 1.54) is 5.56 Å². The molecule has 8 heteroatoms. The minimum atomic E-state index is -1.92. The van der Waals surface area contributed by atoms with Gasteiger partial charge < -0.3 is 20.5 Å². The van der Waals surface area contributed by atoms with E-state index in [-0.39, 0.29) is 12.1 Å². The SMILES string of the molecule is N=C(OC1OC(CNCc2ccccc2)CCC1N)C(Cl)(Cl)Cl. The summed E-state index contributed by atoms with van der Waals surface area (Å²) in [5.74, 6) is -0.485. The minimum absolute atomic E-state index is 0.0633. The predicted molar refractivity (Wildman–Crippen MR) is 93.1 cm³/mol. The average Bonchev–Trinajstić information content (AvgIpc) is 2.50. The highest BCUT2D eigenvalue weighted by Crippen LogP contribution is 2.30. The summed E-state index contributed by atoms with van der Waals surface area (Å²) in [5.41, 5.74) is 7.16. The van der Waals surface area contributed by atoms with Gasteiger partial charge in [-0.3, -0.25) is 5.41 Å². The molecular weight excluding hydrogens is 361 g/mol. The zero-order valence-corrected chi connectivity index (χ0v) is 14.7. The summed E-state index contributed by atoms with van der Waals surface area (Å²) in [6.45, 7) is 1.41. The van der Waals surface area contributed by atoms with Crippen LogP contribution in [0.15, 0.2) is 30.3 Å². The summed E-state index contributed by atoms with van der Waals surface area (Å²) in [7, 11) is 0. The molecule has 1 aromatic rings. The van der Waals surface area contributed by atoms with Gasteiger partial charge in [0.05, 0.1) is 12.1 Å². The van der Waals surface area contributed by atoms with Crippen molar-refractivity contribution in [1.82, 2.24) is 5.32 Å². The Morgan fingerprint density at radius 3 is 2.65 bits per heavy atom. The van der Waals surface area contributed by atoms with E-state index in [1.807, 2.05) is 18.2 Å². The van der Waals surface area contributed by atoms with Gasteiger partial charge in [-0.05, 0) is 18.4 Å². The van der Waals surface area contributed by atoms with Crippen LogP contribution < -0.4 is 11.1 Å². The van der Waals surface area contributed by atoms with Crippen LogP contribution in [0.25, 0.3) is 0 Å². The lowest BCUT2D eigenvalue weighted by molar-refractivity contribution is -0.163. The molecule has 3 unspecified atom stereocenters. The van der Waals surface area contributed by atoms with Crippen LogP contribution in [-0.4, -0.2) is 34.7 Å². The molecule has 1 fully saturated rings. The van der Waals surface area contributed by atoms with Gasteiger partial charge in [0.15, 0.2) is 0 Å². The molecule has 23 heavy (non-hydrogen) atoms. The number of nitrogens with one attached hydrogen (secondary N) is 2. The van der Waals surface area contributed by atoms with Gasteiger partial charge in [-0.2, -0.15) is 0 Å². The Kier molecular flexibility index (Phi) is 6.95. The van der Waals surface area contributed by atoms with Crippen LogP contribution >= 0.6 is 34.8 Å². The third-order valence-electron chi connectivity index (χ3n) is 3.53. The molecule has 1 aliphatic heterocycles. The molecule has 4 N–H and O–H groups in total. The first kappa shape index (κ1) is 18.8. The first-order chi connectivity index (χ1) is 10.9. The van der Waals surface area contributed by atoms with E-state index in [4.69, 9.17) is 55.4 Å². The molecule has 1 aromatic carbocycles. The third-order valence-corrected chi connectivity index (χ3v) is 4.05. The number of nitrogens with two attached hydrogens (primary N) is 1. The van der Waals surface area contributed by atoms with Crippen molar-refractivity contribution in [1.29, 1.82) is 5.41 Å². The van der Waals surface area contributed by atoms with Crippen molar-refractivity contribution in [3.8, 4) is 0 Å². The molecule has 1 heterocycles. The number of hydrogen-bond donors (Lipinski definition) is 3. The van der Waals surface area contributed by atoms with Gasteiger partial charge in [0.25, 0.3) is 3.79 Å². The second-order valence-corrected chi connectivity index (χ2v) is 7.71. The molecule has 0 aromatic heterocycles. The van der Waals surface area contributed by atoms with Crippen LogP contribution in [-0.2, 0) is 16.0 Å². The topological polar surface area (TPSA) is 80.4 Å². The van der Waals surface area contributed by atoms with E-state index in [1.54, 1.807) is 0 Å². The summed E-state index contributed by atoms with van der Waals surface area (Å²) in [4.78, 5) is 0. The van der Waals surface area contributed by atoms with Crippen molar-refractivity contribution in [2.24, 2.45) is 5.73 Å². The Labute approximate surface area is 150 Å². The van der Waals surface area contributed by atoms with Crippen molar-refractivity contribution in [3.05, 3.63) is 35.9 Å².